The van der Waals surface area contributed by atoms with E-state index in [1.165, 1.54) is 11.8 Å². The van der Waals surface area contributed by atoms with Gasteiger partial charge in [-0.2, -0.15) is 0 Å². The Bertz CT molecular complexity index is 312. The third kappa shape index (κ3) is 4.10. The van der Waals surface area contributed by atoms with Gasteiger partial charge in [0.05, 0.1) is 0 Å². The number of hydrogen-bond acceptors (Lipinski definition) is 7. The van der Waals surface area contributed by atoms with Crippen molar-refractivity contribution in [1.29, 1.82) is 0 Å². The number of rotatable bonds is 3. The molecule has 0 unspecified atom stereocenters. The number of nitrogens with one attached hydrogen (secondary N) is 2. The fourth-order valence-corrected chi connectivity index (χ4v) is 3.23. The molecule has 1 saturated heterocycles. The highest BCUT2D eigenvalue weighted by atomic mass is 35.5. The monoisotopic (exact) mass is 333 g/mol. The molecule has 0 bridgehead atoms. The SMILES string of the molecule is CCNC1=N[C@@H]2[C@@H](O)[C@H](O)[C@@H](CNC)O[C@@H]2S1.Cl.Cl. The molecule has 0 radical (unpaired) electrons. The zero-order chi connectivity index (χ0) is 12.4. The number of hydrogen-bond donors (Lipinski definition) is 4. The van der Waals surface area contributed by atoms with E-state index in [1.807, 2.05) is 6.92 Å². The molecule has 4 N–H and O–H groups in total. The first-order valence-corrected chi connectivity index (χ1v) is 6.69. The maximum Gasteiger partial charge on any atom is 0.159 e. The Balaban J connectivity index is 0.00000162. The summed E-state index contributed by atoms with van der Waals surface area (Å²) in [7, 11) is 1.79. The molecule has 9 heteroatoms. The van der Waals surface area contributed by atoms with Gasteiger partial charge in [-0.1, -0.05) is 11.8 Å². The van der Waals surface area contributed by atoms with Crippen molar-refractivity contribution in [3.05, 3.63) is 0 Å². The van der Waals surface area contributed by atoms with E-state index in [-0.39, 0.29) is 42.4 Å². The number of ether oxygens (including phenoxy) is 1. The average Bonchev–Trinajstić information content (AvgIpc) is 2.69. The van der Waals surface area contributed by atoms with Gasteiger partial charge in [0.2, 0.25) is 0 Å². The predicted octanol–water partition coefficient (Wildman–Crippen LogP) is -0.423. The summed E-state index contributed by atoms with van der Waals surface area (Å²) in [6.07, 6.45) is -2.15. The van der Waals surface area contributed by atoms with Gasteiger partial charge in [0.1, 0.15) is 29.8 Å². The van der Waals surface area contributed by atoms with Gasteiger partial charge >= 0.3 is 0 Å². The zero-order valence-electron chi connectivity index (χ0n) is 10.8. The van der Waals surface area contributed by atoms with Crippen LogP contribution in [0.25, 0.3) is 0 Å². The summed E-state index contributed by atoms with van der Waals surface area (Å²) in [4.78, 5) is 4.34. The van der Waals surface area contributed by atoms with Crippen LogP contribution in [0.5, 0.6) is 0 Å². The molecule has 0 aromatic rings. The van der Waals surface area contributed by atoms with Crippen molar-refractivity contribution in [1.82, 2.24) is 10.6 Å². The second kappa shape index (κ2) is 8.51. The molecule has 19 heavy (non-hydrogen) atoms. The standard InChI is InChI=1S/C10H19N3O3S.2ClH/c1-3-12-10-13-6-8(15)7(14)5(4-11-2)16-9(6)17-10;;/h5-9,11,14-15H,3-4H2,1-2H3,(H,12,13);2*1H/t5-,6-,7-,8-,9-;;/m1../s1. The maximum absolute atomic E-state index is 10.0. The Labute approximate surface area is 129 Å². The van der Waals surface area contributed by atoms with Crippen LogP contribution in [0, 0.1) is 0 Å². The summed E-state index contributed by atoms with van der Waals surface area (Å²) < 4.78 is 5.75. The first-order valence-electron chi connectivity index (χ1n) is 5.82. The molecule has 0 spiro atoms. The van der Waals surface area contributed by atoms with Gasteiger partial charge in [-0.15, -0.1) is 24.8 Å². The quantitative estimate of drug-likeness (QED) is 0.561. The zero-order valence-corrected chi connectivity index (χ0v) is 13.2. The van der Waals surface area contributed by atoms with E-state index in [1.54, 1.807) is 7.05 Å². The van der Waals surface area contributed by atoms with Crippen molar-refractivity contribution >= 4 is 41.7 Å². The van der Waals surface area contributed by atoms with Gasteiger partial charge < -0.3 is 25.6 Å². The summed E-state index contributed by atoms with van der Waals surface area (Å²) in [6.45, 7) is 3.28. The van der Waals surface area contributed by atoms with Gasteiger partial charge in [0.15, 0.2) is 5.17 Å². The number of halogens is 2. The molecule has 1 fully saturated rings. The number of nitrogens with zero attached hydrogens (tertiary/aromatic N) is 1. The molecule has 0 saturated carbocycles. The number of thioether (sulfide) groups is 1. The van der Waals surface area contributed by atoms with Crippen LogP contribution in [0.1, 0.15) is 6.92 Å². The third-order valence-corrected chi connectivity index (χ3v) is 3.99. The number of fused-ring (bicyclic) bond motifs is 1. The van der Waals surface area contributed by atoms with E-state index >= 15 is 0 Å². The minimum absolute atomic E-state index is 0. The van der Waals surface area contributed by atoms with E-state index in [9.17, 15) is 10.2 Å². The van der Waals surface area contributed by atoms with Crippen molar-refractivity contribution < 1.29 is 14.9 Å². The van der Waals surface area contributed by atoms with Crippen LogP contribution in [0.15, 0.2) is 4.99 Å². The second-order valence-electron chi connectivity index (χ2n) is 4.15. The Kier molecular flexibility index (Phi) is 8.62. The number of aliphatic hydroxyl groups excluding tert-OH is 2. The van der Waals surface area contributed by atoms with Crippen molar-refractivity contribution in [2.45, 2.75) is 36.7 Å². The van der Waals surface area contributed by atoms with E-state index in [4.69, 9.17) is 4.74 Å². The fourth-order valence-electron chi connectivity index (χ4n) is 2.04. The van der Waals surface area contributed by atoms with Crippen LogP contribution in [-0.2, 0) is 4.74 Å². The van der Waals surface area contributed by atoms with Crippen molar-refractivity contribution in [3.8, 4) is 0 Å². The molecule has 0 aromatic heterocycles. The highest BCUT2D eigenvalue weighted by molar-refractivity contribution is 8.14. The fraction of sp³-hybridized carbons (Fsp3) is 0.900. The van der Waals surface area contributed by atoms with Crippen molar-refractivity contribution in [3.63, 3.8) is 0 Å². The van der Waals surface area contributed by atoms with Gasteiger partial charge in [0.25, 0.3) is 0 Å². The first kappa shape index (κ1) is 19.2. The maximum atomic E-state index is 10.0. The van der Waals surface area contributed by atoms with E-state index in [2.05, 4.69) is 15.6 Å². The predicted molar refractivity (Wildman–Crippen MR) is 81.6 cm³/mol. The molecule has 2 aliphatic heterocycles. The molecular weight excluding hydrogens is 313 g/mol. The average molecular weight is 334 g/mol. The molecule has 114 valence electrons. The molecule has 0 amide bonds. The molecule has 2 rings (SSSR count). The van der Waals surface area contributed by atoms with Crippen LogP contribution in [0.2, 0.25) is 0 Å². The molecule has 2 aliphatic rings. The van der Waals surface area contributed by atoms with Crippen LogP contribution >= 0.6 is 36.6 Å². The third-order valence-electron chi connectivity index (χ3n) is 2.90. The van der Waals surface area contributed by atoms with Crippen LogP contribution in [-0.4, -0.2) is 65.3 Å². The van der Waals surface area contributed by atoms with Crippen LogP contribution in [0.3, 0.4) is 0 Å². The normalized spacial score (nSPS) is 36.6. The molecule has 6 nitrogen and oxygen atoms in total. The lowest BCUT2D eigenvalue weighted by Gasteiger charge is -2.38. The van der Waals surface area contributed by atoms with Gasteiger partial charge in [0, 0.05) is 13.1 Å². The van der Waals surface area contributed by atoms with Gasteiger partial charge in [-0.3, -0.25) is 4.99 Å². The molecule has 0 aliphatic carbocycles. The lowest BCUT2D eigenvalue weighted by molar-refractivity contribution is -0.150. The number of likely N-dealkylation sites (N-methyl/N-ethyl adjacent to an activating group) is 1. The molecular formula is C10H21Cl2N3O3S. The highest BCUT2D eigenvalue weighted by Crippen LogP contribution is 2.35. The number of aliphatic imine (C=N–C) groups is 1. The van der Waals surface area contributed by atoms with Crippen molar-refractivity contribution in [2.24, 2.45) is 4.99 Å². The number of amidine groups is 1. The smallest absolute Gasteiger partial charge is 0.159 e. The highest BCUT2D eigenvalue weighted by Gasteiger charge is 2.47. The Morgan fingerprint density at radius 3 is 2.58 bits per heavy atom. The largest absolute Gasteiger partial charge is 0.388 e. The summed E-state index contributed by atoms with van der Waals surface area (Å²) in [5.74, 6) is 0. The van der Waals surface area contributed by atoms with Crippen LogP contribution in [0.4, 0.5) is 0 Å². The molecule has 0 aromatic carbocycles. The van der Waals surface area contributed by atoms with E-state index < -0.39 is 12.2 Å². The second-order valence-corrected chi connectivity index (χ2v) is 5.24. The topological polar surface area (TPSA) is 86.1 Å². The summed E-state index contributed by atoms with van der Waals surface area (Å²) >= 11 is 1.47. The first-order chi connectivity index (χ1) is 8.17. The van der Waals surface area contributed by atoms with Gasteiger partial charge in [-0.25, -0.2) is 0 Å². The Hall–Kier alpha value is 0.240. The summed E-state index contributed by atoms with van der Waals surface area (Å²) in [6, 6.07) is -0.378. The van der Waals surface area contributed by atoms with E-state index in [0.29, 0.717) is 6.54 Å². The minimum Gasteiger partial charge on any atom is -0.388 e. The lowest BCUT2D eigenvalue weighted by atomic mass is 9.98. The Morgan fingerprint density at radius 2 is 2.00 bits per heavy atom. The minimum atomic E-state index is -0.894. The Morgan fingerprint density at radius 1 is 1.32 bits per heavy atom. The van der Waals surface area contributed by atoms with E-state index in [0.717, 1.165) is 11.7 Å². The van der Waals surface area contributed by atoms with Gasteiger partial charge in [-0.05, 0) is 14.0 Å². The van der Waals surface area contributed by atoms with Crippen molar-refractivity contribution in [2.75, 3.05) is 20.1 Å². The summed E-state index contributed by atoms with van der Waals surface area (Å²) in [5.41, 5.74) is -0.208. The van der Waals surface area contributed by atoms with Crippen LogP contribution < -0.4 is 10.6 Å². The lowest BCUT2D eigenvalue weighted by Crippen LogP contribution is -2.57. The molecule has 2 heterocycles. The number of aliphatic hydroxyl groups is 2. The summed E-state index contributed by atoms with van der Waals surface area (Å²) in [5, 5.41) is 26.8. The molecule has 5 atom stereocenters.